The molecule has 1 amide bonds. The number of anilines is 1. The third kappa shape index (κ3) is 5.92. The minimum atomic E-state index is -3.75. The lowest BCUT2D eigenvalue weighted by atomic mass is 10.00. The molecule has 2 N–H and O–H groups in total. The lowest BCUT2D eigenvalue weighted by Crippen LogP contribution is -2.33. The van der Waals surface area contributed by atoms with Crippen LogP contribution in [0.5, 0.6) is 0 Å². The van der Waals surface area contributed by atoms with Crippen molar-refractivity contribution in [3.05, 3.63) is 59.7 Å². The summed E-state index contributed by atoms with van der Waals surface area (Å²) in [6.45, 7) is 5.33. The summed E-state index contributed by atoms with van der Waals surface area (Å²) in [5.74, 6) is 2.58. The van der Waals surface area contributed by atoms with Gasteiger partial charge in [0, 0.05) is 24.3 Å². The van der Waals surface area contributed by atoms with E-state index < -0.39 is 10.0 Å². The van der Waals surface area contributed by atoms with E-state index in [1.165, 1.54) is 36.6 Å². The Morgan fingerprint density at radius 3 is 2.70 bits per heavy atom. The summed E-state index contributed by atoms with van der Waals surface area (Å²) in [6, 6.07) is 13.6. The molecule has 1 aliphatic rings. The SMILES string of the molecule is C#CCNS(=O)(=O)c1cccc(C(=O)Nc2ccc(CN3CCCC(C)C3)cc2)c1. The van der Waals surface area contributed by atoms with Gasteiger partial charge in [0.1, 0.15) is 0 Å². The van der Waals surface area contributed by atoms with Crippen LogP contribution in [0.1, 0.15) is 35.7 Å². The minimum absolute atomic E-state index is 0.00323. The summed E-state index contributed by atoms with van der Waals surface area (Å²) in [5.41, 5.74) is 2.12. The van der Waals surface area contributed by atoms with Gasteiger partial charge in [-0.1, -0.05) is 31.0 Å². The Hall–Kier alpha value is -2.66. The molecule has 0 radical (unpaired) electrons. The highest BCUT2D eigenvalue weighted by Crippen LogP contribution is 2.19. The number of nitrogens with one attached hydrogen (secondary N) is 2. The van der Waals surface area contributed by atoms with E-state index in [2.05, 4.69) is 27.8 Å². The van der Waals surface area contributed by atoms with Crippen molar-refractivity contribution in [2.75, 3.05) is 25.0 Å². The topological polar surface area (TPSA) is 78.5 Å². The van der Waals surface area contributed by atoms with Crippen molar-refractivity contribution in [2.45, 2.75) is 31.2 Å². The molecule has 1 fully saturated rings. The van der Waals surface area contributed by atoms with Gasteiger partial charge in [-0.05, 0) is 61.2 Å². The van der Waals surface area contributed by atoms with Crippen LogP contribution in [0.25, 0.3) is 0 Å². The predicted octanol–water partition coefficient (Wildman–Crippen LogP) is 3.08. The molecule has 6 nitrogen and oxygen atoms in total. The maximum Gasteiger partial charge on any atom is 0.255 e. The first-order valence-electron chi connectivity index (χ1n) is 10.0. The number of piperidine rings is 1. The summed E-state index contributed by atoms with van der Waals surface area (Å²) >= 11 is 0. The molecule has 1 aliphatic heterocycles. The van der Waals surface area contributed by atoms with Crippen molar-refractivity contribution >= 4 is 21.6 Å². The molecule has 1 saturated heterocycles. The van der Waals surface area contributed by atoms with Gasteiger partial charge in [0.05, 0.1) is 11.4 Å². The Bertz CT molecular complexity index is 1030. The molecule has 7 heteroatoms. The van der Waals surface area contributed by atoms with E-state index in [4.69, 9.17) is 6.42 Å². The normalized spacial score (nSPS) is 17.3. The van der Waals surface area contributed by atoms with Crippen molar-refractivity contribution in [3.8, 4) is 12.3 Å². The monoisotopic (exact) mass is 425 g/mol. The molecule has 0 aliphatic carbocycles. The number of carbonyl (C=O) groups is 1. The number of carbonyl (C=O) groups excluding carboxylic acids is 1. The smallest absolute Gasteiger partial charge is 0.255 e. The molecule has 0 aromatic heterocycles. The second-order valence-corrected chi connectivity index (χ2v) is 9.46. The first kappa shape index (κ1) is 22.0. The van der Waals surface area contributed by atoms with Crippen molar-refractivity contribution in [3.63, 3.8) is 0 Å². The lowest BCUT2D eigenvalue weighted by molar-refractivity contribution is 0.102. The standard InChI is InChI=1S/C23H27N3O3S/c1-3-13-24-30(28,29)22-8-4-7-20(15-22)23(27)25-21-11-9-19(10-12-21)17-26-14-5-6-18(2)16-26/h1,4,7-12,15,18,24H,5-6,13-14,16-17H2,2H3,(H,25,27). The van der Waals surface area contributed by atoms with Crippen LogP contribution < -0.4 is 10.0 Å². The molecule has 3 rings (SSSR count). The first-order valence-corrected chi connectivity index (χ1v) is 11.5. The largest absolute Gasteiger partial charge is 0.322 e. The lowest BCUT2D eigenvalue weighted by Gasteiger charge is -2.30. The Morgan fingerprint density at radius 1 is 1.23 bits per heavy atom. The van der Waals surface area contributed by atoms with Crippen LogP contribution in [-0.4, -0.2) is 38.9 Å². The fourth-order valence-electron chi connectivity index (χ4n) is 3.61. The van der Waals surface area contributed by atoms with E-state index >= 15 is 0 Å². The number of rotatable bonds is 7. The number of amides is 1. The Kier molecular flexibility index (Phi) is 7.27. The zero-order valence-corrected chi connectivity index (χ0v) is 17.9. The highest BCUT2D eigenvalue weighted by Gasteiger charge is 2.17. The van der Waals surface area contributed by atoms with Crippen LogP contribution in [0.3, 0.4) is 0 Å². The van der Waals surface area contributed by atoms with Gasteiger partial charge in [-0.3, -0.25) is 9.69 Å². The predicted molar refractivity (Wildman–Crippen MR) is 119 cm³/mol. The molecule has 0 spiro atoms. The number of benzene rings is 2. The number of terminal acetylenes is 1. The van der Waals surface area contributed by atoms with Crippen LogP contribution >= 0.6 is 0 Å². The molecular weight excluding hydrogens is 398 g/mol. The van der Waals surface area contributed by atoms with Crippen molar-refractivity contribution < 1.29 is 13.2 Å². The number of sulfonamides is 1. The molecule has 30 heavy (non-hydrogen) atoms. The highest BCUT2D eigenvalue weighted by molar-refractivity contribution is 7.89. The highest BCUT2D eigenvalue weighted by atomic mass is 32.2. The van der Waals surface area contributed by atoms with E-state index in [-0.39, 0.29) is 22.9 Å². The Balaban J connectivity index is 1.63. The van der Waals surface area contributed by atoms with Gasteiger partial charge in [0.25, 0.3) is 5.91 Å². The van der Waals surface area contributed by atoms with Crippen LogP contribution in [0.4, 0.5) is 5.69 Å². The van der Waals surface area contributed by atoms with Crippen molar-refractivity contribution in [1.82, 2.24) is 9.62 Å². The molecule has 0 bridgehead atoms. The van der Waals surface area contributed by atoms with Gasteiger partial charge < -0.3 is 5.32 Å². The van der Waals surface area contributed by atoms with E-state index in [9.17, 15) is 13.2 Å². The third-order valence-electron chi connectivity index (χ3n) is 5.13. The molecule has 1 atom stereocenters. The van der Waals surface area contributed by atoms with Gasteiger partial charge in [0.15, 0.2) is 0 Å². The number of likely N-dealkylation sites (tertiary alicyclic amines) is 1. The fourth-order valence-corrected chi connectivity index (χ4v) is 4.59. The van der Waals surface area contributed by atoms with E-state index in [1.807, 2.05) is 24.3 Å². The average Bonchev–Trinajstić information content (AvgIpc) is 2.74. The summed E-state index contributed by atoms with van der Waals surface area (Å²) in [7, 11) is -3.75. The Labute approximate surface area is 178 Å². The van der Waals surface area contributed by atoms with Crippen LogP contribution in [0.15, 0.2) is 53.4 Å². The number of hydrogen-bond donors (Lipinski definition) is 2. The number of hydrogen-bond acceptors (Lipinski definition) is 4. The maximum atomic E-state index is 12.6. The van der Waals surface area contributed by atoms with Gasteiger partial charge in [-0.25, -0.2) is 8.42 Å². The molecule has 1 unspecified atom stereocenters. The molecule has 2 aromatic carbocycles. The average molecular weight is 426 g/mol. The minimum Gasteiger partial charge on any atom is -0.322 e. The summed E-state index contributed by atoms with van der Waals surface area (Å²) < 4.78 is 26.7. The summed E-state index contributed by atoms with van der Waals surface area (Å²) in [4.78, 5) is 15.0. The molecular formula is C23H27N3O3S. The van der Waals surface area contributed by atoms with E-state index in [0.29, 0.717) is 5.69 Å². The second-order valence-electron chi connectivity index (χ2n) is 7.69. The summed E-state index contributed by atoms with van der Waals surface area (Å²) in [6.07, 6.45) is 7.64. The fraction of sp³-hybridized carbons (Fsp3) is 0.348. The molecule has 1 heterocycles. The van der Waals surface area contributed by atoms with Crippen molar-refractivity contribution in [2.24, 2.45) is 5.92 Å². The third-order valence-corrected chi connectivity index (χ3v) is 6.53. The second kappa shape index (κ2) is 9.90. The zero-order chi connectivity index (χ0) is 21.6. The first-order chi connectivity index (χ1) is 14.4. The van der Waals surface area contributed by atoms with E-state index in [1.54, 1.807) is 6.07 Å². The van der Waals surface area contributed by atoms with Crippen LogP contribution in [0, 0.1) is 18.3 Å². The molecule has 0 saturated carbocycles. The number of nitrogens with zero attached hydrogens (tertiary/aromatic N) is 1. The van der Waals surface area contributed by atoms with Gasteiger partial charge in [-0.15, -0.1) is 6.42 Å². The van der Waals surface area contributed by atoms with Gasteiger partial charge in [-0.2, -0.15) is 4.72 Å². The van der Waals surface area contributed by atoms with Crippen LogP contribution in [0.2, 0.25) is 0 Å². The van der Waals surface area contributed by atoms with E-state index in [0.717, 1.165) is 25.6 Å². The molecule has 2 aromatic rings. The summed E-state index contributed by atoms with van der Waals surface area (Å²) in [5, 5.41) is 2.82. The zero-order valence-electron chi connectivity index (χ0n) is 17.1. The van der Waals surface area contributed by atoms with Crippen molar-refractivity contribution in [1.29, 1.82) is 0 Å². The van der Waals surface area contributed by atoms with Gasteiger partial charge >= 0.3 is 0 Å². The quantitative estimate of drug-likeness (QED) is 0.669. The molecule has 158 valence electrons. The van der Waals surface area contributed by atoms with Crippen LogP contribution in [-0.2, 0) is 16.6 Å². The Morgan fingerprint density at radius 2 is 2.00 bits per heavy atom. The maximum absolute atomic E-state index is 12.6. The van der Waals surface area contributed by atoms with Gasteiger partial charge in [0.2, 0.25) is 10.0 Å².